The van der Waals surface area contributed by atoms with Crippen molar-refractivity contribution in [1.82, 2.24) is 10.6 Å². The van der Waals surface area contributed by atoms with Crippen LogP contribution in [0.3, 0.4) is 0 Å². The molecule has 0 amide bonds. The minimum Gasteiger partial charge on any atom is -0.396 e. The number of piperazine rings is 1. The fourth-order valence-corrected chi connectivity index (χ4v) is 7.71. The van der Waals surface area contributed by atoms with Gasteiger partial charge in [-0.2, -0.15) is 0 Å². The molecule has 10 atom stereocenters. The topological polar surface area (TPSA) is 53.5 Å². The Morgan fingerprint density at radius 1 is 0.769 bits per heavy atom. The van der Waals surface area contributed by atoms with Crippen LogP contribution < -0.4 is 10.6 Å². The Labute approximate surface area is 158 Å². The van der Waals surface area contributed by atoms with E-state index in [1.54, 1.807) is 0 Å². The third-order valence-electron chi connectivity index (χ3n) is 9.03. The maximum absolute atomic E-state index is 9.58. The molecule has 0 aromatic heterocycles. The van der Waals surface area contributed by atoms with E-state index < -0.39 is 0 Å². The molecule has 1 heterocycles. The lowest BCUT2D eigenvalue weighted by atomic mass is 9.60. The maximum Gasteiger partial charge on any atom is 0.0574 e. The van der Waals surface area contributed by atoms with Gasteiger partial charge in [0.2, 0.25) is 0 Å². The van der Waals surface area contributed by atoms with Crippen molar-refractivity contribution >= 4 is 0 Å². The first kappa shape index (κ1) is 17.9. The molecule has 10 unspecified atom stereocenters. The molecule has 5 fully saturated rings. The van der Waals surface area contributed by atoms with Crippen LogP contribution >= 0.6 is 0 Å². The minimum absolute atomic E-state index is 0.402. The fraction of sp³-hybridized carbons (Fsp3) is 1.00. The van der Waals surface area contributed by atoms with Gasteiger partial charge in [0, 0.05) is 37.9 Å². The first-order chi connectivity index (χ1) is 12.8. The Bertz CT molecular complexity index is 457. The first-order valence-corrected chi connectivity index (χ1v) is 11.4. The van der Waals surface area contributed by atoms with Gasteiger partial charge >= 0.3 is 0 Å². The van der Waals surface area contributed by atoms with Crippen LogP contribution in [0.4, 0.5) is 0 Å². The Balaban J connectivity index is 1.27. The highest BCUT2D eigenvalue weighted by molar-refractivity contribution is 5.09. The second-order valence-corrected chi connectivity index (χ2v) is 10.1. The van der Waals surface area contributed by atoms with Gasteiger partial charge in [0.15, 0.2) is 0 Å². The largest absolute Gasteiger partial charge is 0.396 e. The van der Waals surface area contributed by atoms with Gasteiger partial charge in [-0.05, 0) is 93.8 Å². The molecular formula is C22H38N2O2. The molecule has 0 aromatic rings. The molecule has 3 N–H and O–H groups in total. The standard InChI is InChI=1S/C22H38N2O2/c1-26-16-5-7-18-15(11-16)4-9-20-22(18)24-19-8-3-14-10-13(12-25)2-6-17(14)21(19)23-20/h13-25H,2-12H2,1H3. The lowest BCUT2D eigenvalue weighted by molar-refractivity contribution is -0.0351. The van der Waals surface area contributed by atoms with Crippen LogP contribution in [0.2, 0.25) is 0 Å². The quantitative estimate of drug-likeness (QED) is 0.707. The number of nitrogens with one attached hydrogen (secondary N) is 2. The van der Waals surface area contributed by atoms with Gasteiger partial charge in [-0.25, -0.2) is 0 Å². The molecule has 4 saturated carbocycles. The summed E-state index contributed by atoms with van der Waals surface area (Å²) < 4.78 is 5.69. The van der Waals surface area contributed by atoms with E-state index in [4.69, 9.17) is 4.74 Å². The molecule has 1 saturated heterocycles. The van der Waals surface area contributed by atoms with E-state index in [2.05, 4.69) is 10.6 Å². The average molecular weight is 363 g/mol. The molecule has 4 heteroatoms. The van der Waals surface area contributed by atoms with Crippen molar-refractivity contribution in [2.75, 3.05) is 13.7 Å². The molecule has 26 heavy (non-hydrogen) atoms. The lowest BCUT2D eigenvalue weighted by Gasteiger charge is -2.58. The van der Waals surface area contributed by atoms with Gasteiger partial charge in [0.1, 0.15) is 0 Å². The van der Waals surface area contributed by atoms with Gasteiger partial charge in [-0.15, -0.1) is 0 Å². The molecule has 0 radical (unpaired) electrons. The summed E-state index contributed by atoms with van der Waals surface area (Å²) in [5.74, 6) is 3.99. The van der Waals surface area contributed by atoms with Crippen LogP contribution in [-0.2, 0) is 4.74 Å². The van der Waals surface area contributed by atoms with Gasteiger partial charge in [0.05, 0.1) is 6.10 Å². The second-order valence-electron chi connectivity index (χ2n) is 10.1. The fourth-order valence-electron chi connectivity index (χ4n) is 7.71. The molecular weight excluding hydrogens is 324 g/mol. The number of hydrogen-bond donors (Lipinski definition) is 3. The van der Waals surface area contributed by atoms with Crippen molar-refractivity contribution in [2.45, 2.75) is 94.5 Å². The Kier molecular flexibility index (Phi) is 5.06. The number of ether oxygens (including phenoxy) is 1. The molecule has 5 rings (SSSR count). The lowest BCUT2D eigenvalue weighted by Crippen LogP contribution is -2.73. The third-order valence-corrected chi connectivity index (χ3v) is 9.03. The number of methoxy groups -OCH3 is 1. The average Bonchev–Trinajstić information content (AvgIpc) is 2.71. The molecule has 4 aliphatic carbocycles. The van der Waals surface area contributed by atoms with Crippen molar-refractivity contribution in [3.05, 3.63) is 0 Å². The van der Waals surface area contributed by atoms with E-state index in [9.17, 15) is 5.11 Å². The van der Waals surface area contributed by atoms with Crippen molar-refractivity contribution in [2.24, 2.45) is 29.6 Å². The highest BCUT2D eigenvalue weighted by Gasteiger charge is 2.51. The van der Waals surface area contributed by atoms with E-state index in [1.165, 1.54) is 64.2 Å². The monoisotopic (exact) mass is 362 g/mol. The minimum atomic E-state index is 0.402. The summed E-state index contributed by atoms with van der Waals surface area (Å²) in [6, 6.07) is 2.74. The summed E-state index contributed by atoms with van der Waals surface area (Å²) in [4.78, 5) is 0. The first-order valence-electron chi connectivity index (χ1n) is 11.4. The van der Waals surface area contributed by atoms with Crippen molar-refractivity contribution in [3.8, 4) is 0 Å². The van der Waals surface area contributed by atoms with E-state index >= 15 is 0 Å². The normalized spacial score (nSPS) is 53.8. The predicted molar refractivity (Wildman–Crippen MR) is 103 cm³/mol. The number of aliphatic hydroxyl groups excluding tert-OH is 1. The summed E-state index contributed by atoms with van der Waals surface area (Å²) in [6.45, 7) is 0.402. The van der Waals surface area contributed by atoms with Crippen molar-refractivity contribution in [1.29, 1.82) is 0 Å². The molecule has 0 aromatic carbocycles. The molecule has 0 bridgehead atoms. The van der Waals surface area contributed by atoms with Crippen LogP contribution in [0.15, 0.2) is 0 Å². The van der Waals surface area contributed by atoms with E-state index in [-0.39, 0.29) is 0 Å². The highest BCUT2D eigenvalue weighted by atomic mass is 16.5. The summed E-state index contributed by atoms with van der Waals surface area (Å²) in [5.41, 5.74) is 0. The van der Waals surface area contributed by atoms with E-state index in [0.29, 0.717) is 42.8 Å². The van der Waals surface area contributed by atoms with Crippen LogP contribution in [0, 0.1) is 29.6 Å². The van der Waals surface area contributed by atoms with Gasteiger partial charge in [-0.1, -0.05) is 0 Å². The third kappa shape index (κ3) is 3.05. The van der Waals surface area contributed by atoms with Crippen LogP contribution in [0.1, 0.15) is 64.2 Å². The summed E-state index contributed by atoms with van der Waals surface area (Å²) in [6.07, 6.45) is 13.7. The SMILES string of the molecule is COC1CCC2C(CCC3NC4C(CCC5CC(CO)CCC54)NC32)C1. The van der Waals surface area contributed by atoms with Crippen LogP contribution in [0.5, 0.6) is 0 Å². The number of hydrogen-bond acceptors (Lipinski definition) is 4. The zero-order chi connectivity index (χ0) is 17.7. The summed E-state index contributed by atoms with van der Waals surface area (Å²) in [7, 11) is 1.89. The van der Waals surface area contributed by atoms with Crippen LogP contribution in [0.25, 0.3) is 0 Å². The maximum atomic E-state index is 9.58. The number of rotatable bonds is 2. The molecule has 0 spiro atoms. The highest BCUT2D eigenvalue weighted by Crippen LogP contribution is 2.47. The second kappa shape index (κ2) is 7.35. The van der Waals surface area contributed by atoms with E-state index in [1.807, 2.05) is 7.11 Å². The van der Waals surface area contributed by atoms with Crippen LogP contribution in [-0.4, -0.2) is 49.1 Å². The van der Waals surface area contributed by atoms with Gasteiger partial charge in [-0.3, -0.25) is 0 Å². The van der Waals surface area contributed by atoms with Crippen molar-refractivity contribution < 1.29 is 9.84 Å². The van der Waals surface area contributed by atoms with Gasteiger partial charge < -0.3 is 20.5 Å². The predicted octanol–water partition coefficient (Wildman–Crippen LogP) is 2.70. The number of fused-ring (bicyclic) bond motifs is 6. The zero-order valence-electron chi connectivity index (χ0n) is 16.4. The molecule has 5 aliphatic rings. The number of aliphatic hydroxyl groups is 1. The van der Waals surface area contributed by atoms with E-state index in [0.717, 1.165) is 23.7 Å². The smallest absolute Gasteiger partial charge is 0.0574 e. The Morgan fingerprint density at radius 2 is 1.38 bits per heavy atom. The molecule has 4 nitrogen and oxygen atoms in total. The summed E-state index contributed by atoms with van der Waals surface area (Å²) in [5, 5.41) is 18.0. The Morgan fingerprint density at radius 3 is 2.00 bits per heavy atom. The zero-order valence-corrected chi connectivity index (χ0v) is 16.4. The Hall–Kier alpha value is -0.160. The van der Waals surface area contributed by atoms with Gasteiger partial charge in [0.25, 0.3) is 0 Å². The van der Waals surface area contributed by atoms with Crippen molar-refractivity contribution in [3.63, 3.8) is 0 Å². The molecule has 1 aliphatic heterocycles. The summed E-state index contributed by atoms with van der Waals surface area (Å²) >= 11 is 0. The molecule has 148 valence electrons.